The lowest BCUT2D eigenvalue weighted by atomic mass is 9.86. The van der Waals surface area contributed by atoms with Crippen molar-refractivity contribution in [1.29, 1.82) is 0 Å². The molecule has 0 atom stereocenters. The molecule has 29 heavy (non-hydrogen) atoms. The second-order valence-corrected chi connectivity index (χ2v) is 8.93. The van der Waals surface area contributed by atoms with Gasteiger partial charge in [0.1, 0.15) is 0 Å². The molecule has 4 nitrogen and oxygen atoms in total. The number of anilines is 4. The van der Waals surface area contributed by atoms with E-state index in [1.807, 2.05) is 19.9 Å². The highest BCUT2D eigenvalue weighted by Crippen LogP contribution is 2.39. The van der Waals surface area contributed by atoms with E-state index in [2.05, 4.69) is 54.5 Å². The average Bonchev–Trinajstić information content (AvgIpc) is 2.60. The van der Waals surface area contributed by atoms with Gasteiger partial charge in [-0.2, -0.15) is 0 Å². The van der Waals surface area contributed by atoms with Crippen LogP contribution in [-0.2, 0) is 6.42 Å². The Kier molecular flexibility index (Phi) is 8.43. The van der Waals surface area contributed by atoms with Gasteiger partial charge in [0.15, 0.2) is 0 Å². The molecule has 0 heterocycles. The van der Waals surface area contributed by atoms with E-state index in [0.717, 1.165) is 51.4 Å². The summed E-state index contributed by atoms with van der Waals surface area (Å²) in [5, 5.41) is 0. The zero-order chi connectivity index (χ0) is 22.6. The molecule has 0 fully saturated rings. The Hall–Kier alpha value is -2.36. The summed E-state index contributed by atoms with van der Waals surface area (Å²) in [7, 11) is 0. The first kappa shape index (κ1) is 24.7. The largest absolute Gasteiger partial charge is 0.398 e. The molecule has 2 aromatic carbocycles. The molecule has 0 saturated carbocycles. The van der Waals surface area contributed by atoms with E-state index in [-0.39, 0.29) is 0 Å². The van der Waals surface area contributed by atoms with E-state index < -0.39 is 0 Å². The molecule has 0 unspecified atom stereocenters. The molecule has 0 aromatic heterocycles. The van der Waals surface area contributed by atoms with Crippen LogP contribution in [0.3, 0.4) is 0 Å². The molecular weight excluding hydrogens is 356 g/mol. The Morgan fingerprint density at radius 3 is 1.28 bits per heavy atom. The van der Waals surface area contributed by atoms with Crippen molar-refractivity contribution in [3.8, 4) is 0 Å². The highest BCUT2D eigenvalue weighted by molar-refractivity contribution is 5.71. The Morgan fingerprint density at radius 2 is 1.00 bits per heavy atom. The molecule has 8 N–H and O–H groups in total. The number of rotatable bonds is 4. The van der Waals surface area contributed by atoms with Crippen LogP contribution >= 0.6 is 0 Å². The maximum atomic E-state index is 6.28. The van der Waals surface area contributed by atoms with Gasteiger partial charge in [0.2, 0.25) is 0 Å². The summed E-state index contributed by atoms with van der Waals surface area (Å²) in [5.74, 6) is 1.24. The van der Waals surface area contributed by atoms with Crippen LogP contribution in [-0.4, -0.2) is 0 Å². The third-order valence-electron chi connectivity index (χ3n) is 5.62. The van der Waals surface area contributed by atoms with Crippen LogP contribution in [0.4, 0.5) is 22.7 Å². The predicted octanol–water partition coefficient (Wildman–Crippen LogP) is 6.25. The molecule has 0 bridgehead atoms. The molecule has 2 aromatic rings. The number of hydrogen-bond donors (Lipinski definition) is 4. The first-order valence-electron chi connectivity index (χ1n) is 10.7. The van der Waals surface area contributed by atoms with Gasteiger partial charge in [-0.05, 0) is 65.8 Å². The Morgan fingerprint density at radius 1 is 0.621 bits per heavy atom. The summed E-state index contributed by atoms with van der Waals surface area (Å²) in [6, 6.07) is 4.22. The SMILES string of the molecule is CC(C)c1cc(C(C)C)c(N)c(C(C)C)c1N.CCc1c(N)c(C)cc(C)c1N. The van der Waals surface area contributed by atoms with Crippen LogP contribution in [0, 0.1) is 13.8 Å². The number of aryl methyl sites for hydroxylation is 2. The van der Waals surface area contributed by atoms with Gasteiger partial charge in [-0.15, -0.1) is 0 Å². The predicted molar refractivity (Wildman–Crippen MR) is 132 cm³/mol. The standard InChI is InChI=1S/C15H26N2.C10H16N2/c1-8(2)11-7-12(9(3)4)15(17)13(10(5)6)14(11)16;1-4-8-9(11)6(2)5-7(3)10(8)12/h7-10H,16-17H2,1-6H3;5H,4,11-12H2,1-3H3. The molecule has 0 saturated heterocycles. The lowest BCUT2D eigenvalue weighted by Gasteiger charge is -2.23. The molecule has 0 spiro atoms. The van der Waals surface area contributed by atoms with Gasteiger partial charge in [-0.25, -0.2) is 0 Å². The lowest BCUT2D eigenvalue weighted by Crippen LogP contribution is -2.10. The van der Waals surface area contributed by atoms with E-state index in [1.54, 1.807) is 0 Å². The zero-order valence-corrected chi connectivity index (χ0v) is 19.9. The quantitative estimate of drug-likeness (QED) is 0.457. The van der Waals surface area contributed by atoms with Gasteiger partial charge in [-0.3, -0.25) is 0 Å². The maximum Gasteiger partial charge on any atom is 0.0405 e. The molecule has 0 amide bonds. The third kappa shape index (κ3) is 5.37. The summed E-state index contributed by atoms with van der Waals surface area (Å²) < 4.78 is 0. The normalized spacial score (nSPS) is 11.2. The summed E-state index contributed by atoms with van der Waals surface area (Å²) in [5.41, 5.74) is 34.7. The smallest absolute Gasteiger partial charge is 0.0405 e. The van der Waals surface area contributed by atoms with Crippen molar-refractivity contribution in [2.24, 2.45) is 0 Å². The fourth-order valence-corrected chi connectivity index (χ4v) is 3.84. The second kappa shape index (κ2) is 9.91. The molecule has 162 valence electrons. The fraction of sp³-hybridized carbons (Fsp3) is 0.520. The zero-order valence-electron chi connectivity index (χ0n) is 19.9. The van der Waals surface area contributed by atoms with Gasteiger partial charge in [-0.1, -0.05) is 60.6 Å². The molecule has 0 aliphatic rings. The average molecular weight is 399 g/mol. The van der Waals surface area contributed by atoms with Gasteiger partial charge in [0.05, 0.1) is 0 Å². The Labute approximate surface area is 178 Å². The first-order valence-corrected chi connectivity index (χ1v) is 10.7. The molecule has 0 radical (unpaired) electrons. The summed E-state index contributed by atoms with van der Waals surface area (Å²) in [6.07, 6.45) is 0.903. The van der Waals surface area contributed by atoms with E-state index in [4.69, 9.17) is 22.9 Å². The Bertz CT molecular complexity index is 790. The molecular formula is C25H42N4. The topological polar surface area (TPSA) is 104 Å². The van der Waals surface area contributed by atoms with Gasteiger partial charge in [0, 0.05) is 28.3 Å². The van der Waals surface area contributed by atoms with Crippen LogP contribution < -0.4 is 22.9 Å². The third-order valence-corrected chi connectivity index (χ3v) is 5.62. The van der Waals surface area contributed by atoms with E-state index >= 15 is 0 Å². The van der Waals surface area contributed by atoms with Crippen molar-refractivity contribution in [3.63, 3.8) is 0 Å². The van der Waals surface area contributed by atoms with Gasteiger partial charge >= 0.3 is 0 Å². The number of benzene rings is 2. The highest BCUT2D eigenvalue weighted by Gasteiger charge is 2.19. The summed E-state index contributed by atoms with van der Waals surface area (Å²) >= 11 is 0. The molecule has 2 rings (SSSR count). The Balaban J connectivity index is 0.000000308. The minimum Gasteiger partial charge on any atom is -0.398 e. The van der Waals surface area contributed by atoms with E-state index in [0.29, 0.717) is 17.8 Å². The van der Waals surface area contributed by atoms with Crippen molar-refractivity contribution < 1.29 is 0 Å². The minimum absolute atomic E-state index is 0.367. The summed E-state index contributed by atoms with van der Waals surface area (Å²) in [6.45, 7) is 19.1. The number of nitrogens with two attached hydrogens (primary N) is 4. The van der Waals surface area contributed by atoms with Crippen molar-refractivity contribution in [2.45, 2.75) is 86.5 Å². The van der Waals surface area contributed by atoms with Crippen molar-refractivity contribution in [1.82, 2.24) is 0 Å². The first-order chi connectivity index (χ1) is 13.3. The molecule has 4 heteroatoms. The van der Waals surface area contributed by atoms with E-state index in [1.165, 1.54) is 11.1 Å². The van der Waals surface area contributed by atoms with Crippen LogP contribution in [0.15, 0.2) is 12.1 Å². The van der Waals surface area contributed by atoms with Crippen molar-refractivity contribution in [3.05, 3.63) is 45.5 Å². The molecule has 0 aliphatic carbocycles. The monoisotopic (exact) mass is 398 g/mol. The summed E-state index contributed by atoms with van der Waals surface area (Å²) in [4.78, 5) is 0. The maximum absolute atomic E-state index is 6.28. The van der Waals surface area contributed by atoms with Crippen LogP contribution in [0.25, 0.3) is 0 Å². The highest BCUT2D eigenvalue weighted by atomic mass is 14.7. The van der Waals surface area contributed by atoms with Crippen LogP contribution in [0.2, 0.25) is 0 Å². The second-order valence-electron chi connectivity index (χ2n) is 8.93. The van der Waals surface area contributed by atoms with E-state index in [9.17, 15) is 0 Å². The van der Waals surface area contributed by atoms with Crippen LogP contribution in [0.1, 0.15) is 99.6 Å². The number of nitrogen functional groups attached to an aromatic ring is 4. The number of hydrogen-bond acceptors (Lipinski definition) is 4. The van der Waals surface area contributed by atoms with Crippen LogP contribution in [0.5, 0.6) is 0 Å². The van der Waals surface area contributed by atoms with Gasteiger partial charge in [0.25, 0.3) is 0 Å². The lowest BCUT2D eigenvalue weighted by molar-refractivity contribution is 0.813. The van der Waals surface area contributed by atoms with Crippen molar-refractivity contribution >= 4 is 22.7 Å². The minimum atomic E-state index is 0.367. The van der Waals surface area contributed by atoms with Crippen molar-refractivity contribution in [2.75, 3.05) is 22.9 Å². The molecule has 0 aliphatic heterocycles. The van der Waals surface area contributed by atoms with Gasteiger partial charge < -0.3 is 22.9 Å². The fourth-order valence-electron chi connectivity index (χ4n) is 3.84.